The molecule has 2 rings (SSSR count). The predicted molar refractivity (Wildman–Crippen MR) is 112 cm³/mol. The fourth-order valence-corrected chi connectivity index (χ4v) is 3.13. The van der Waals surface area contributed by atoms with E-state index in [1.54, 1.807) is 7.11 Å². The summed E-state index contributed by atoms with van der Waals surface area (Å²) in [5.74, 6) is 1.48. The predicted octanol–water partition coefficient (Wildman–Crippen LogP) is 2.55. The van der Waals surface area contributed by atoms with Gasteiger partial charge >= 0.3 is 0 Å². The summed E-state index contributed by atoms with van der Waals surface area (Å²) in [4.78, 5) is 6.98. The number of hydrogen-bond donors (Lipinski definition) is 2. The first-order chi connectivity index (χ1) is 11.1. The molecule has 0 amide bonds. The van der Waals surface area contributed by atoms with E-state index >= 15 is 0 Å². The molecule has 0 aromatic heterocycles. The van der Waals surface area contributed by atoms with Crippen molar-refractivity contribution in [1.29, 1.82) is 0 Å². The lowest BCUT2D eigenvalue weighted by Crippen LogP contribution is -2.36. The molecule has 5 nitrogen and oxygen atoms in total. The normalized spacial score (nSPS) is 18.3. The van der Waals surface area contributed by atoms with E-state index in [1.807, 2.05) is 6.92 Å². The molecule has 0 radical (unpaired) electrons. The van der Waals surface area contributed by atoms with Crippen LogP contribution in [0.5, 0.6) is 5.75 Å². The van der Waals surface area contributed by atoms with Crippen molar-refractivity contribution in [3.8, 4) is 5.75 Å². The molecule has 6 heteroatoms. The summed E-state index contributed by atoms with van der Waals surface area (Å²) in [6.45, 7) is 8.13. The fraction of sp³-hybridized carbons (Fsp3) is 0.611. The van der Waals surface area contributed by atoms with Crippen LogP contribution < -0.4 is 15.8 Å². The van der Waals surface area contributed by atoms with Gasteiger partial charge in [-0.05, 0) is 56.5 Å². The number of rotatable bonds is 7. The zero-order valence-corrected chi connectivity index (χ0v) is 17.4. The molecule has 136 valence electrons. The number of nitrogens with zero attached hydrogens (tertiary/aromatic N) is 2. The second kappa shape index (κ2) is 10.8. The average molecular weight is 446 g/mol. The molecular formula is C18H31IN4O. The van der Waals surface area contributed by atoms with Gasteiger partial charge in [0.1, 0.15) is 5.75 Å². The summed E-state index contributed by atoms with van der Waals surface area (Å²) in [6.07, 6.45) is 3.40. The van der Waals surface area contributed by atoms with Crippen molar-refractivity contribution in [3.05, 3.63) is 29.3 Å². The molecule has 1 fully saturated rings. The second-order valence-corrected chi connectivity index (χ2v) is 6.13. The maximum absolute atomic E-state index is 5.98. The van der Waals surface area contributed by atoms with E-state index < -0.39 is 0 Å². The Bertz CT molecular complexity index is 536. The minimum atomic E-state index is 0. The highest BCUT2D eigenvalue weighted by Gasteiger charge is 2.22. The number of benzene rings is 1. The number of nitrogens with two attached hydrogens (primary N) is 1. The largest absolute Gasteiger partial charge is 0.496 e. The number of likely N-dealkylation sites (N-methyl/N-ethyl adjacent to an activating group) is 1. The molecule has 24 heavy (non-hydrogen) atoms. The number of likely N-dealkylation sites (tertiary alicyclic amines) is 1. The van der Waals surface area contributed by atoms with Crippen molar-refractivity contribution in [2.24, 2.45) is 10.7 Å². The molecule has 3 N–H and O–H groups in total. The number of methoxy groups -OCH3 is 1. The summed E-state index contributed by atoms with van der Waals surface area (Å²) in [6, 6.07) is 6.86. The van der Waals surface area contributed by atoms with E-state index in [0.29, 0.717) is 12.0 Å². The number of halogens is 1. The smallest absolute Gasteiger partial charge is 0.188 e. The molecule has 0 aliphatic carbocycles. The van der Waals surface area contributed by atoms with E-state index in [4.69, 9.17) is 10.5 Å². The third kappa shape index (κ3) is 6.12. The van der Waals surface area contributed by atoms with Gasteiger partial charge < -0.3 is 15.8 Å². The van der Waals surface area contributed by atoms with E-state index in [-0.39, 0.29) is 24.0 Å². The van der Waals surface area contributed by atoms with Crippen molar-refractivity contribution in [2.45, 2.75) is 39.2 Å². The molecule has 0 saturated carbocycles. The van der Waals surface area contributed by atoms with Gasteiger partial charge in [0.25, 0.3) is 0 Å². The summed E-state index contributed by atoms with van der Waals surface area (Å²) in [5, 5.41) is 3.21. The highest BCUT2D eigenvalue weighted by molar-refractivity contribution is 14.0. The molecule has 0 bridgehead atoms. The number of nitrogens with one attached hydrogen (secondary N) is 1. The maximum atomic E-state index is 5.98. The van der Waals surface area contributed by atoms with Crippen LogP contribution in [0.3, 0.4) is 0 Å². The van der Waals surface area contributed by atoms with Crippen LogP contribution in [-0.4, -0.2) is 50.2 Å². The molecule has 1 aromatic carbocycles. The Morgan fingerprint density at radius 2 is 2.25 bits per heavy atom. The molecule has 1 aromatic rings. The molecule has 1 saturated heterocycles. The lowest BCUT2D eigenvalue weighted by molar-refractivity contribution is 0.273. The topological polar surface area (TPSA) is 62.9 Å². The van der Waals surface area contributed by atoms with Crippen LogP contribution in [0.4, 0.5) is 0 Å². The number of aryl methyl sites for hydroxylation is 1. The lowest BCUT2D eigenvalue weighted by Gasteiger charge is -2.21. The quantitative estimate of drug-likeness (QED) is 0.384. The van der Waals surface area contributed by atoms with Crippen molar-refractivity contribution in [3.63, 3.8) is 0 Å². The zero-order chi connectivity index (χ0) is 16.7. The van der Waals surface area contributed by atoms with E-state index in [0.717, 1.165) is 37.4 Å². The number of hydrogen-bond acceptors (Lipinski definition) is 3. The van der Waals surface area contributed by atoms with Gasteiger partial charge in [-0.15, -0.1) is 24.0 Å². The van der Waals surface area contributed by atoms with Gasteiger partial charge in [-0.25, -0.2) is 0 Å². The van der Waals surface area contributed by atoms with E-state index in [2.05, 4.69) is 40.3 Å². The van der Waals surface area contributed by atoms with Crippen molar-refractivity contribution >= 4 is 29.9 Å². The van der Waals surface area contributed by atoms with Crippen LogP contribution >= 0.6 is 24.0 Å². The van der Waals surface area contributed by atoms with Crippen LogP contribution in [0.2, 0.25) is 0 Å². The fourth-order valence-electron chi connectivity index (χ4n) is 3.13. The Morgan fingerprint density at radius 1 is 1.46 bits per heavy atom. The molecule has 1 aliphatic heterocycles. The summed E-state index contributed by atoms with van der Waals surface area (Å²) >= 11 is 0. The SMILES string of the molecule is CCN1CCCC1CN=C(N)NCCc1ccc(C)c(OC)c1.I. The van der Waals surface area contributed by atoms with Gasteiger partial charge in [0.15, 0.2) is 5.96 Å². The van der Waals surface area contributed by atoms with Crippen LogP contribution in [0, 0.1) is 6.92 Å². The monoisotopic (exact) mass is 446 g/mol. The van der Waals surface area contributed by atoms with Crippen molar-refractivity contribution < 1.29 is 4.74 Å². The zero-order valence-electron chi connectivity index (χ0n) is 15.0. The Kier molecular flexibility index (Phi) is 9.43. The van der Waals surface area contributed by atoms with Gasteiger partial charge in [-0.3, -0.25) is 9.89 Å². The maximum Gasteiger partial charge on any atom is 0.188 e. The Labute approximate surface area is 163 Å². The Balaban J connectivity index is 0.00000288. The number of guanidine groups is 1. The van der Waals surface area contributed by atoms with Crippen LogP contribution in [0.1, 0.15) is 30.9 Å². The van der Waals surface area contributed by atoms with E-state index in [1.165, 1.54) is 24.9 Å². The van der Waals surface area contributed by atoms with Crippen molar-refractivity contribution in [1.82, 2.24) is 10.2 Å². The molecule has 1 unspecified atom stereocenters. The van der Waals surface area contributed by atoms with Gasteiger partial charge in [-0.1, -0.05) is 19.1 Å². The molecule has 1 heterocycles. The van der Waals surface area contributed by atoms with Crippen LogP contribution in [0.15, 0.2) is 23.2 Å². The first-order valence-corrected chi connectivity index (χ1v) is 8.55. The molecule has 1 atom stereocenters. The molecule has 1 aliphatic rings. The standard InChI is InChI=1S/C18H30N4O.HI/c1-4-22-11-5-6-16(22)13-21-18(19)20-10-9-15-8-7-14(2)17(12-15)23-3;/h7-8,12,16H,4-6,9-11,13H2,1-3H3,(H3,19,20,21);1H. The average Bonchev–Trinajstić information content (AvgIpc) is 3.02. The summed E-state index contributed by atoms with van der Waals surface area (Å²) in [5.41, 5.74) is 8.37. The summed E-state index contributed by atoms with van der Waals surface area (Å²) in [7, 11) is 1.71. The first-order valence-electron chi connectivity index (χ1n) is 8.55. The van der Waals surface area contributed by atoms with Crippen LogP contribution in [0.25, 0.3) is 0 Å². The highest BCUT2D eigenvalue weighted by Crippen LogP contribution is 2.19. The Hall–Kier alpha value is -1.02. The third-order valence-electron chi connectivity index (χ3n) is 4.57. The highest BCUT2D eigenvalue weighted by atomic mass is 127. The number of ether oxygens (including phenoxy) is 1. The van der Waals surface area contributed by atoms with Gasteiger partial charge in [-0.2, -0.15) is 0 Å². The van der Waals surface area contributed by atoms with Gasteiger partial charge in [0, 0.05) is 12.6 Å². The minimum Gasteiger partial charge on any atom is -0.496 e. The van der Waals surface area contributed by atoms with Crippen molar-refractivity contribution in [2.75, 3.05) is 33.3 Å². The van der Waals surface area contributed by atoms with Gasteiger partial charge in [0.05, 0.1) is 13.7 Å². The second-order valence-electron chi connectivity index (χ2n) is 6.13. The lowest BCUT2D eigenvalue weighted by atomic mass is 10.1. The van der Waals surface area contributed by atoms with E-state index in [9.17, 15) is 0 Å². The number of aliphatic imine (C=N–C) groups is 1. The third-order valence-corrected chi connectivity index (χ3v) is 4.57. The minimum absolute atomic E-state index is 0. The Morgan fingerprint density at radius 3 is 2.96 bits per heavy atom. The first kappa shape index (κ1) is 21.0. The molecular weight excluding hydrogens is 415 g/mol. The summed E-state index contributed by atoms with van der Waals surface area (Å²) < 4.78 is 5.36. The van der Waals surface area contributed by atoms with Gasteiger partial charge in [0.2, 0.25) is 0 Å². The molecule has 0 spiro atoms. The van der Waals surface area contributed by atoms with Crippen LogP contribution in [-0.2, 0) is 6.42 Å².